The van der Waals surface area contributed by atoms with Gasteiger partial charge in [-0.25, -0.2) is 4.79 Å². The molecule has 1 aliphatic heterocycles. The van der Waals surface area contributed by atoms with Gasteiger partial charge in [0.1, 0.15) is 6.04 Å². The second kappa shape index (κ2) is 6.92. The minimum atomic E-state index is -1.22. The predicted octanol–water partition coefficient (Wildman–Crippen LogP) is -1.76. The summed E-state index contributed by atoms with van der Waals surface area (Å²) in [6, 6.07) is -1.16. The molecule has 2 amide bonds. The highest BCUT2D eigenvalue weighted by molar-refractivity contribution is 5.86. The zero-order chi connectivity index (χ0) is 13.5. The molecule has 0 saturated carbocycles. The molecule has 1 rings (SSSR count). The van der Waals surface area contributed by atoms with Gasteiger partial charge >= 0.3 is 5.97 Å². The first-order valence-electron chi connectivity index (χ1n) is 5.51. The zero-order valence-corrected chi connectivity index (χ0v) is 9.76. The number of nitrogens with two attached hydrogens (primary N) is 1. The Bertz CT molecular complexity index is 326. The van der Waals surface area contributed by atoms with E-state index in [0.717, 1.165) is 0 Å². The van der Waals surface area contributed by atoms with E-state index in [1.165, 1.54) is 0 Å². The van der Waals surface area contributed by atoms with Crippen molar-refractivity contribution in [2.45, 2.75) is 25.0 Å². The van der Waals surface area contributed by atoms with Crippen LogP contribution in [0, 0.1) is 0 Å². The summed E-state index contributed by atoms with van der Waals surface area (Å²) in [4.78, 5) is 33.1. The van der Waals surface area contributed by atoms with E-state index in [9.17, 15) is 14.4 Å². The fourth-order valence-electron chi connectivity index (χ4n) is 1.45. The monoisotopic (exact) mass is 260 g/mol. The number of ether oxygens (including phenoxy) is 2. The maximum Gasteiger partial charge on any atom is 0.326 e. The van der Waals surface area contributed by atoms with E-state index in [1.54, 1.807) is 0 Å². The Kier molecular flexibility index (Phi) is 5.53. The summed E-state index contributed by atoms with van der Waals surface area (Å²) in [5, 5.41) is 11.2. The van der Waals surface area contributed by atoms with E-state index < -0.39 is 29.9 Å². The molecule has 4 N–H and O–H groups in total. The van der Waals surface area contributed by atoms with Crippen molar-refractivity contribution >= 4 is 17.8 Å². The summed E-state index contributed by atoms with van der Waals surface area (Å²) in [6.45, 7) is 0.791. The Morgan fingerprint density at radius 2 is 2.11 bits per heavy atom. The van der Waals surface area contributed by atoms with Gasteiger partial charge in [-0.1, -0.05) is 0 Å². The Labute approximate surface area is 103 Å². The van der Waals surface area contributed by atoms with E-state index >= 15 is 0 Å². The number of nitrogens with one attached hydrogen (secondary N) is 1. The van der Waals surface area contributed by atoms with Crippen molar-refractivity contribution in [3.8, 4) is 0 Å². The van der Waals surface area contributed by atoms with Crippen LogP contribution in [0.1, 0.15) is 12.8 Å². The van der Waals surface area contributed by atoms with Crippen molar-refractivity contribution in [2.24, 2.45) is 5.73 Å². The van der Waals surface area contributed by atoms with Crippen LogP contribution in [0.15, 0.2) is 0 Å². The van der Waals surface area contributed by atoms with Gasteiger partial charge in [0.2, 0.25) is 5.91 Å². The third-order valence-corrected chi connectivity index (χ3v) is 2.40. The van der Waals surface area contributed by atoms with Gasteiger partial charge in [0, 0.05) is 6.42 Å². The van der Waals surface area contributed by atoms with Gasteiger partial charge < -0.3 is 25.6 Å². The molecule has 2 atom stereocenters. The third-order valence-electron chi connectivity index (χ3n) is 2.40. The van der Waals surface area contributed by atoms with Crippen LogP contribution < -0.4 is 11.1 Å². The van der Waals surface area contributed by atoms with Gasteiger partial charge in [-0.15, -0.1) is 0 Å². The van der Waals surface area contributed by atoms with E-state index in [1.807, 2.05) is 0 Å². The average Bonchev–Trinajstić information content (AvgIpc) is 2.34. The molecular formula is C10H16N2O6. The summed E-state index contributed by atoms with van der Waals surface area (Å²) < 4.78 is 10.2. The fraction of sp³-hybridized carbons (Fsp3) is 0.700. The Balaban J connectivity index is 2.46. The van der Waals surface area contributed by atoms with Crippen molar-refractivity contribution in [1.82, 2.24) is 5.32 Å². The van der Waals surface area contributed by atoms with Crippen molar-refractivity contribution in [3.05, 3.63) is 0 Å². The highest BCUT2D eigenvalue weighted by Crippen LogP contribution is 2.03. The largest absolute Gasteiger partial charge is 0.480 e. The maximum atomic E-state index is 11.7. The quantitative estimate of drug-likeness (QED) is 0.519. The topological polar surface area (TPSA) is 128 Å². The van der Waals surface area contributed by atoms with Crippen LogP contribution in [-0.4, -0.2) is 54.9 Å². The minimum absolute atomic E-state index is 0.0516. The first-order valence-corrected chi connectivity index (χ1v) is 5.51. The zero-order valence-electron chi connectivity index (χ0n) is 9.76. The van der Waals surface area contributed by atoms with Gasteiger partial charge in [-0.2, -0.15) is 0 Å². The molecule has 0 aliphatic carbocycles. The van der Waals surface area contributed by atoms with Crippen LogP contribution in [-0.2, 0) is 23.9 Å². The fourth-order valence-corrected chi connectivity index (χ4v) is 1.45. The molecule has 0 aromatic rings. The smallest absolute Gasteiger partial charge is 0.326 e. The molecule has 1 heterocycles. The van der Waals surface area contributed by atoms with Gasteiger partial charge in [-0.3, -0.25) is 9.59 Å². The van der Waals surface area contributed by atoms with Crippen molar-refractivity contribution < 1.29 is 29.0 Å². The van der Waals surface area contributed by atoms with Crippen molar-refractivity contribution in [1.29, 1.82) is 0 Å². The molecule has 0 radical (unpaired) electrons. The van der Waals surface area contributed by atoms with E-state index in [2.05, 4.69) is 5.32 Å². The van der Waals surface area contributed by atoms with Gasteiger partial charge in [0.25, 0.3) is 5.91 Å². The molecule has 1 fully saturated rings. The lowest BCUT2D eigenvalue weighted by molar-refractivity contribution is -0.152. The molecule has 0 spiro atoms. The Morgan fingerprint density at radius 3 is 2.61 bits per heavy atom. The van der Waals surface area contributed by atoms with Crippen molar-refractivity contribution in [2.75, 3.05) is 19.8 Å². The lowest BCUT2D eigenvalue weighted by atomic mass is 10.1. The van der Waals surface area contributed by atoms with Gasteiger partial charge in [0.05, 0.1) is 19.8 Å². The summed E-state index contributed by atoms with van der Waals surface area (Å²) in [7, 11) is 0. The second-order valence-corrected chi connectivity index (χ2v) is 3.84. The van der Waals surface area contributed by atoms with E-state index in [4.69, 9.17) is 20.3 Å². The van der Waals surface area contributed by atoms with Crippen LogP contribution in [0.25, 0.3) is 0 Å². The maximum absolute atomic E-state index is 11.7. The Hall–Kier alpha value is -1.67. The molecule has 1 unspecified atom stereocenters. The number of carbonyl (C=O) groups is 3. The van der Waals surface area contributed by atoms with Crippen LogP contribution in [0.3, 0.4) is 0 Å². The average molecular weight is 260 g/mol. The number of hydrogen-bond donors (Lipinski definition) is 3. The summed E-state index contributed by atoms with van der Waals surface area (Å²) >= 11 is 0. The third kappa shape index (κ3) is 4.68. The normalized spacial score (nSPS) is 21.0. The SMILES string of the molecule is NC(=O)CC[C@@H](NC(=O)C1COCCO1)C(=O)O. The highest BCUT2D eigenvalue weighted by Gasteiger charge is 2.27. The second-order valence-electron chi connectivity index (χ2n) is 3.84. The Morgan fingerprint density at radius 1 is 1.39 bits per heavy atom. The molecule has 0 aromatic heterocycles. The molecule has 0 aromatic carbocycles. The molecular weight excluding hydrogens is 244 g/mol. The number of aliphatic carboxylic acids is 1. The molecule has 8 nitrogen and oxygen atoms in total. The molecule has 18 heavy (non-hydrogen) atoms. The van der Waals surface area contributed by atoms with E-state index in [0.29, 0.717) is 6.61 Å². The van der Waals surface area contributed by atoms with Gasteiger partial charge in [0.15, 0.2) is 6.10 Å². The number of amides is 2. The van der Waals surface area contributed by atoms with E-state index in [-0.39, 0.29) is 26.1 Å². The van der Waals surface area contributed by atoms with Crippen LogP contribution >= 0.6 is 0 Å². The molecule has 1 saturated heterocycles. The highest BCUT2D eigenvalue weighted by atomic mass is 16.6. The minimum Gasteiger partial charge on any atom is -0.480 e. The van der Waals surface area contributed by atoms with Crippen LogP contribution in [0.2, 0.25) is 0 Å². The number of primary amides is 1. The molecule has 8 heteroatoms. The lowest BCUT2D eigenvalue weighted by Gasteiger charge is -2.23. The standard InChI is InChI=1S/C10H16N2O6/c11-8(13)2-1-6(10(15)16)12-9(14)7-5-17-3-4-18-7/h6-7H,1-5H2,(H2,11,13)(H,12,14)(H,15,16)/t6-,7?/m1/s1. The number of carboxylic acids is 1. The summed E-state index contributed by atoms with van der Waals surface area (Å²) in [5.41, 5.74) is 4.93. The van der Waals surface area contributed by atoms with Gasteiger partial charge in [-0.05, 0) is 6.42 Å². The van der Waals surface area contributed by atoms with Crippen molar-refractivity contribution in [3.63, 3.8) is 0 Å². The number of carbonyl (C=O) groups excluding carboxylic acids is 2. The lowest BCUT2D eigenvalue weighted by Crippen LogP contribution is -2.49. The first-order chi connectivity index (χ1) is 8.50. The van der Waals surface area contributed by atoms with Crippen LogP contribution in [0.4, 0.5) is 0 Å². The summed E-state index contributed by atoms with van der Waals surface area (Å²) in [5.74, 6) is -2.40. The number of carboxylic acid groups (broad SMARTS) is 1. The molecule has 1 aliphatic rings. The predicted molar refractivity (Wildman–Crippen MR) is 58.6 cm³/mol. The number of hydrogen-bond acceptors (Lipinski definition) is 5. The van der Waals surface area contributed by atoms with Crippen LogP contribution in [0.5, 0.6) is 0 Å². The first kappa shape index (κ1) is 14.4. The number of rotatable bonds is 6. The summed E-state index contributed by atoms with van der Waals surface area (Å²) in [6.07, 6.45) is -0.974. The molecule has 0 bridgehead atoms. The molecule has 102 valence electrons.